The van der Waals surface area contributed by atoms with Crippen molar-refractivity contribution in [1.82, 2.24) is 4.90 Å². The summed E-state index contributed by atoms with van der Waals surface area (Å²) >= 11 is 0. The monoisotopic (exact) mass is 355 g/mol. The second-order valence-electron chi connectivity index (χ2n) is 7.92. The van der Waals surface area contributed by atoms with Gasteiger partial charge in [-0.2, -0.15) is 0 Å². The SMILES string of the molecule is Cc1cc(C)c2c(c1)CN(C)Cc1cc(C)cc(C)c1O[Si](C)(C)O2. The molecule has 0 saturated carbocycles. The molecule has 134 valence electrons. The molecule has 0 radical (unpaired) electrons. The third-order valence-electron chi connectivity index (χ3n) is 4.57. The minimum atomic E-state index is -2.37. The summed E-state index contributed by atoms with van der Waals surface area (Å²) in [5, 5.41) is 0. The van der Waals surface area contributed by atoms with E-state index in [9.17, 15) is 0 Å². The second-order valence-corrected chi connectivity index (χ2v) is 11.1. The summed E-state index contributed by atoms with van der Waals surface area (Å²) in [5.74, 6) is 2.00. The number of rotatable bonds is 0. The van der Waals surface area contributed by atoms with Crippen LogP contribution in [0.3, 0.4) is 0 Å². The zero-order valence-corrected chi connectivity index (χ0v) is 17.5. The van der Waals surface area contributed by atoms with E-state index in [-0.39, 0.29) is 0 Å². The first-order valence-corrected chi connectivity index (χ1v) is 11.7. The van der Waals surface area contributed by atoms with Crippen molar-refractivity contribution in [3.63, 3.8) is 0 Å². The van der Waals surface area contributed by atoms with Gasteiger partial charge in [0.05, 0.1) is 0 Å². The molecule has 0 N–H and O–H groups in total. The highest BCUT2D eigenvalue weighted by Gasteiger charge is 2.33. The van der Waals surface area contributed by atoms with Crippen LogP contribution in [0.2, 0.25) is 13.1 Å². The summed E-state index contributed by atoms with van der Waals surface area (Å²) in [4.78, 5) is 2.34. The largest absolute Gasteiger partial charge is 0.512 e. The molecule has 1 aliphatic heterocycles. The smallest absolute Gasteiger partial charge is 0.454 e. The molecule has 3 nitrogen and oxygen atoms in total. The van der Waals surface area contributed by atoms with Crippen LogP contribution in [0.5, 0.6) is 11.5 Å². The van der Waals surface area contributed by atoms with Gasteiger partial charge in [0.2, 0.25) is 0 Å². The molecule has 3 rings (SSSR count). The molecule has 0 amide bonds. The maximum absolute atomic E-state index is 6.53. The first kappa shape index (κ1) is 18.0. The molecule has 1 heterocycles. The molecule has 0 aliphatic carbocycles. The molecule has 25 heavy (non-hydrogen) atoms. The lowest BCUT2D eigenvalue weighted by Gasteiger charge is -2.32. The van der Waals surface area contributed by atoms with Gasteiger partial charge in [0.25, 0.3) is 0 Å². The van der Waals surface area contributed by atoms with Crippen LogP contribution in [-0.4, -0.2) is 20.5 Å². The van der Waals surface area contributed by atoms with Crippen molar-refractivity contribution in [2.75, 3.05) is 7.05 Å². The third kappa shape index (κ3) is 3.91. The fraction of sp³-hybridized carbons (Fsp3) is 0.429. The van der Waals surface area contributed by atoms with Crippen molar-refractivity contribution in [2.45, 2.75) is 53.9 Å². The standard InChI is InChI=1S/C21H29NO2Si/c1-14-8-16(3)20-18(10-14)12-22(5)13-19-11-15(2)9-17(4)21(19)24-25(6,7)23-20/h8-11H,12-13H2,1-7H3. The fourth-order valence-electron chi connectivity index (χ4n) is 3.76. The fourth-order valence-corrected chi connectivity index (χ4v) is 5.37. The highest BCUT2D eigenvalue weighted by molar-refractivity contribution is 6.66. The Morgan fingerprint density at radius 2 is 1.16 bits per heavy atom. The number of hydrogen-bond acceptors (Lipinski definition) is 3. The molecule has 0 bridgehead atoms. The van der Waals surface area contributed by atoms with E-state index in [0.717, 1.165) is 24.6 Å². The second kappa shape index (κ2) is 6.50. The van der Waals surface area contributed by atoms with Crippen molar-refractivity contribution in [1.29, 1.82) is 0 Å². The Kier molecular flexibility index (Phi) is 4.69. The number of benzene rings is 2. The lowest BCUT2D eigenvalue weighted by Crippen LogP contribution is -2.43. The molecule has 2 aromatic carbocycles. The molecule has 0 saturated heterocycles. The summed E-state index contributed by atoms with van der Waals surface area (Å²) in [5.41, 5.74) is 7.42. The minimum Gasteiger partial charge on any atom is -0.512 e. The van der Waals surface area contributed by atoms with Gasteiger partial charge >= 0.3 is 8.56 Å². The van der Waals surface area contributed by atoms with Crippen molar-refractivity contribution < 1.29 is 8.85 Å². The summed E-state index contributed by atoms with van der Waals surface area (Å²) in [6.45, 7) is 14.5. The lowest BCUT2D eigenvalue weighted by molar-refractivity contribution is 0.299. The predicted octanol–water partition coefficient (Wildman–Crippen LogP) is 5.03. The predicted molar refractivity (Wildman–Crippen MR) is 106 cm³/mol. The first-order chi connectivity index (χ1) is 11.6. The van der Waals surface area contributed by atoms with Gasteiger partial charge in [-0.3, -0.25) is 4.90 Å². The minimum absolute atomic E-state index is 0.870. The van der Waals surface area contributed by atoms with Gasteiger partial charge in [-0.05, 0) is 45.9 Å². The zero-order valence-electron chi connectivity index (χ0n) is 16.5. The Balaban J connectivity index is 2.12. The molecule has 0 spiro atoms. The van der Waals surface area contributed by atoms with Crippen LogP contribution < -0.4 is 8.85 Å². The van der Waals surface area contributed by atoms with Crippen molar-refractivity contribution in [2.24, 2.45) is 0 Å². The number of fused-ring (bicyclic) bond motifs is 2. The van der Waals surface area contributed by atoms with E-state index in [4.69, 9.17) is 8.85 Å². The average molecular weight is 356 g/mol. The van der Waals surface area contributed by atoms with Crippen LogP contribution in [-0.2, 0) is 13.1 Å². The lowest BCUT2D eigenvalue weighted by atomic mass is 10.0. The molecule has 0 aromatic heterocycles. The van der Waals surface area contributed by atoms with Crippen LogP contribution in [0, 0.1) is 27.7 Å². The zero-order chi connectivity index (χ0) is 18.4. The van der Waals surface area contributed by atoms with Crippen LogP contribution in [0.4, 0.5) is 0 Å². The van der Waals surface area contributed by atoms with E-state index in [1.807, 2.05) is 0 Å². The van der Waals surface area contributed by atoms with Gasteiger partial charge in [0.1, 0.15) is 11.5 Å². The van der Waals surface area contributed by atoms with E-state index in [1.54, 1.807) is 0 Å². The Labute approximate surface area is 152 Å². The molecule has 0 atom stereocenters. The molecule has 4 heteroatoms. The van der Waals surface area contributed by atoms with Crippen molar-refractivity contribution in [3.05, 3.63) is 57.6 Å². The molecule has 0 unspecified atom stereocenters. The van der Waals surface area contributed by atoms with E-state index in [0.29, 0.717) is 0 Å². The Morgan fingerprint density at radius 3 is 1.56 bits per heavy atom. The average Bonchev–Trinajstić information content (AvgIpc) is 2.45. The number of hydrogen-bond donors (Lipinski definition) is 0. The third-order valence-corrected chi connectivity index (χ3v) is 5.96. The Hall–Kier alpha value is -1.78. The van der Waals surface area contributed by atoms with Gasteiger partial charge in [0, 0.05) is 37.3 Å². The molecule has 1 aliphatic rings. The summed E-state index contributed by atoms with van der Waals surface area (Å²) in [6, 6.07) is 8.87. The van der Waals surface area contributed by atoms with E-state index < -0.39 is 8.56 Å². The molecule has 0 fully saturated rings. The highest BCUT2D eigenvalue weighted by atomic mass is 28.4. The first-order valence-electron chi connectivity index (χ1n) is 8.91. The van der Waals surface area contributed by atoms with Gasteiger partial charge in [-0.1, -0.05) is 35.4 Å². The maximum Gasteiger partial charge on any atom is 0.454 e. The Morgan fingerprint density at radius 1 is 0.760 bits per heavy atom. The van der Waals surface area contributed by atoms with Crippen LogP contribution in [0.25, 0.3) is 0 Å². The highest BCUT2D eigenvalue weighted by Crippen LogP contribution is 2.34. The normalized spacial score (nSPS) is 17.1. The van der Waals surface area contributed by atoms with Crippen LogP contribution in [0.1, 0.15) is 33.4 Å². The van der Waals surface area contributed by atoms with Gasteiger partial charge in [0.15, 0.2) is 0 Å². The Bertz CT molecular complexity index is 749. The molecular formula is C21H29NO2Si. The van der Waals surface area contributed by atoms with Gasteiger partial charge < -0.3 is 8.85 Å². The summed E-state index contributed by atoms with van der Waals surface area (Å²) < 4.78 is 13.1. The maximum atomic E-state index is 6.53. The van der Waals surface area contributed by atoms with E-state index in [2.05, 4.69) is 77.0 Å². The van der Waals surface area contributed by atoms with Crippen LogP contribution in [0.15, 0.2) is 24.3 Å². The van der Waals surface area contributed by atoms with Crippen molar-refractivity contribution in [3.8, 4) is 11.5 Å². The van der Waals surface area contributed by atoms with Gasteiger partial charge in [-0.15, -0.1) is 0 Å². The van der Waals surface area contributed by atoms with E-state index >= 15 is 0 Å². The molecular weight excluding hydrogens is 326 g/mol. The topological polar surface area (TPSA) is 21.7 Å². The number of nitrogens with zero attached hydrogens (tertiary/aromatic N) is 1. The van der Waals surface area contributed by atoms with Gasteiger partial charge in [-0.25, -0.2) is 0 Å². The van der Waals surface area contributed by atoms with E-state index in [1.165, 1.54) is 33.4 Å². The van der Waals surface area contributed by atoms with Crippen LogP contribution >= 0.6 is 0 Å². The quantitative estimate of drug-likeness (QED) is 0.619. The summed E-state index contributed by atoms with van der Waals surface area (Å²) in [6.07, 6.45) is 0. The van der Waals surface area contributed by atoms with Crippen molar-refractivity contribution >= 4 is 8.56 Å². The number of aryl methyl sites for hydroxylation is 4. The summed E-state index contributed by atoms with van der Waals surface area (Å²) in [7, 11) is -0.208. The molecule has 2 aromatic rings.